The maximum absolute atomic E-state index is 10.8. The number of rotatable bonds is 6. The van der Waals surface area contributed by atoms with E-state index in [0.29, 0.717) is 12.6 Å². The molecule has 2 aliphatic heterocycles. The summed E-state index contributed by atoms with van der Waals surface area (Å²) in [5, 5.41) is 15.8. The molecule has 1 aliphatic carbocycles. The summed E-state index contributed by atoms with van der Waals surface area (Å²) in [7, 11) is 0. The lowest BCUT2D eigenvalue weighted by Crippen LogP contribution is -2.46. The molecule has 0 unspecified atom stereocenters. The zero-order valence-corrected chi connectivity index (χ0v) is 18.6. The van der Waals surface area contributed by atoms with Crippen molar-refractivity contribution in [3.05, 3.63) is 35.0 Å². The third-order valence-corrected chi connectivity index (χ3v) is 7.50. The lowest BCUT2D eigenvalue weighted by molar-refractivity contribution is 0.0617. The molecule has 0 amide bonds. The summed E-state index contributed by atoms with van der Waals surface area (Å²) < 4.78 is 2.58. The second kappa shape index (κ2) is 8.99. The van der Waals surface area contributed by atoms with Gasteiger partial charge in [0.25, 0.3) is 0 Å². The van der Waals surface area contributed by atoms with Crippen molar-refractivity contribution in [1.29, 1.82) is 0 Å². The van der Waals surface area contributed by atoms with E-state index in [1.807, 2.05) is 0 Å². The zero-order chi connectivity index (χ0) is 20.5. The van der Waals surface area contributed by atoms with Crippen LogP contribution in [0.1, 0.15) is 61.4 Å². The van der Waals surface area contributed by atoms with Gasteiger partial charge in [0.05, 0.1) is 12.1 Å². The maximum atomic E-state index is 10.8. The van der Waals surface area contributed by atoms with Gasteiger partial charge in [-0.25, -0.2) is 0 Å². The molecule has 1 saturated heterocycles. The Hall–Kier alpha value is -1.40. The van der Waals surface area contributed by atoms with Crippen LogP contribution in [0.5, 0.6) is 0 Å². The van der Waals surface area contributed by atoms with Gasteiger partial charge in [-0.15, -0.1) is 0 Å². The van der Waals surface area contributed by atoms with Crippen molar-refractivity contribution in [2.45, 2.75) is 70.6 Å². The molecule has 1 aromatic heterocycles. The van der Waals surface area contributed by atoms with E-state index in [4.69, 9.17) is 0 Å². The minimum atomic E-state index is -0.305. The fraction of sp³-hybridized carbons (Fsp3) is 0.680. The molecule has 2 atom stereocenters. The van der Waals surface area contributed by atoms with Crippen molar-refractivity contribution >= 4 is 10.9 Å². The molecule has 30 heavy (non-hydrogen) atoms. The van der Waals surface area contributed by atoms with Gasteiger partial charge in [0, 0.05) is 49.4 Å². The fourth-order valence-electron chi connectivity index (χ4n) is 6.03. The molecule has 0 spiro atoms. The van der Waals surface area contributed by atoms with Crippen LogP contribution in [0.15, 0.2) is 18.2 Å². The predicted octanol–water partition coefficient (Wildman–Crippen LogP) is 3.43. The molecular formula is C25H38N4O. The van der Waals surface area contributed by atoms with Gasteiger partial charge in [0.2, 0.25) is 0 Å². The van der Waals surface area contributed by atoms with Gasteiger partial charge in [-0.2, -0.15) is 0 Å². The van der Waals surface area contributed by atoms with Crippen molar-refractivity contribution in [2.24, 2.45) is 0 Å². The molecule has 5 rings (SSSR count). The molecule has 164 valence electrons. The molecule has 3 heterocycles. The molecule has 2 N–H and O–H groups in total. The smallest absolute Gasteiger partial charge is 0.0791 e. The second-order valence-electron chi connectivity index (χ2n) is 9.74. The highest BCUT2D eigenvalue weighted by molar-refractivity contribution is 5.87. The number of nitrogens with one attached hydrogen (secondary N) is 1. The van der Waals surface area contributed by atoms with E-state index < -0.39 is 0 Å². The number of benzene rings is 1. The minimum Gasteiger partial charge on any atom is -0.390 e. The summed E-state index contributed by atoms with van der Waals surface area (Å²) in [6, 6.07) is 7.41. The molecule has 1 fully saturated rings. The molecular weight excluding hydrogens is 372 g/mol. The van der Waals surface area contributed by atoms with Crippen LogP contribution >= 0.6 is 0 Å². The first-order valence-electron chi connectivity index (χ1n) is 12.2. The highest BCUT2D eigenvalue weighted by Gasteiger charge is 2.35. The molecule has 3 aliphatic rings. The Kier molecular flexibility index (Phi) is 6.15. The average Bonchev–Trinajstić information content (AvgIpc) is 2.90. The van der Waals surface area contributed by atoms with E-state index in [1.165, 1.54) is 80.2 Å². The Morgan fingerprint density at radius 2 is 1.90 bits per heavy atom. The van der Waals surface area contributed by atoms with Gasteiger partial charge in [0.1, 0.15) is 0 Å². The lowest BCUT2D eigenvalue weighted by atomic mass is 9.89. The van der Waals surface area contributed by atoms with Gasteiger partial charge in [-0.1, -0.05) is 24.5 Å². The highest BCUT2D eigenvalue weighted by Crippen LogP contribution is 2.42. The number of nitrogens with zero attached hydrogens (tertiary/aromatic N) is 3. The second-order valence-corrected chi connectivity index (χ2v) is 9.74. The number of aliphatic hydroxyl groups excluding tert-OH is 1. The normalized spacial score (nSPS) is 24.0. The summed E-state index contributed by atoms with van der Waals surface area (Å²) in [5.41, 5.74) is 5.88. The number of β-amino-alcohol motifs (C(OH)–C–C–N with tert-alkyl or cyclic N) is 1. The van der Waals surface area contributed by atoms with E-state index in [1.54, 1.807) is 5.56 Å². The van der Waals surface area contributed by atoms with E-state index in [-0.39, 0.29) is 6.10 Å². The Morgan fingerprint density at radius 1 is 1.07 bits per heavy atom. The first kappa shape index (κ1) is 20.5. The highest BCUT2D eigenvalue weighted by atomic mass is 16.3. The fourth-order valence-corrected chi connectivity index (χ4v) is 6.03. The van der Waals surface area contributed by atoms with Gasteiger partial charge in [-0.3, -0.25) is 9.80 Å². The van der Waals surface area contributed by atoms with E-state index in [0.717, 1.165) is 26.3 Å². The van der Waals surface area contributed by atoms with Crippen LogP contribution in [0.2, 0.25) is 0 Å². The molecule has 0 bridgehead atoms. The van der Waals surface area contributed by atoms with Gasteiger partial charge in [-0.05, 0) is 69.8 Å². The number of aromatic nitrogens is 1. The standard InChI is InChI=1S/C25H38N4O/c1-19-9-10-23-22(15-19)21-7-6-8-24-25(21)29(23)14-13-28(24)17-20(30)16-26-18-27-11-4-2-3-5-12-27/h9-10,15,20,24,26,30H,2-8,11-14,16-18H2,1H3/t20-,24+/m0/s1. The van der Waals surface area contributed by atoms with Crippen molar-refractivity contribution in [3.8, 4) is 0 Å². The molecule has 2 aromatic rings. The zero-order valence-electron chi connectivity index (χ0n) is 18.6. The summed E-state index contributed by atoms with van der Waals surface area (Å²) >= 11 is 0. The molecule has 1 aromatic carbocycles. The van der Waals surface area contributed by atoms with Crippen LogP contribution in [0.25, 0.3) is 10.9 Å². The van der Waals surface area contributed by atoms with Gasteiger partial charge < -0.3 is 15.0 Å². The first-order valence-corrected chi connectivity index (χ1v) is 12.2. The average molecular weight is 411 g/mol. The molecule has 5 heteroatoms. The van der Waals surface area contributed by atoms with Crippen LogP contribution in [-0.2, 0) is 13.0 Å². The Bertz CT molecular complexity index is 868. The minimum absolute atomic E-state index is 0.305. The topological polar surface area (TPSA) is 43.7 Å². The number of hydrogen-bond donors (Lipinski definition) is 2. The summed E-state index contributed by atoms with van der Waals surface area (Å²) in [5.74, 6) is 0. The number of fused-ring (bicyclic) bond motifs is 3. The number of aryl methyl sites for hydroxylation is 2. The number of aliphatic hydroxyl groups is 1. The van der Waals surface area contributed by atoms with E-state index in [2.05, 4.69) is 44.8 Å². The summed E-state index contributed by atoms with van der Waals surface area (Å²) in [4.78, 5) is 5.07. The predicted molar refractivity (Wildman–Crippen MR) is 123 cm³/mol. The summed E-state index contributed by atoms with van der Waals surface area (Å²) in [6.07, 6.45) is 8.74. The van der Waals surface area contributed by atoms with Crippen LogP contribution in [0.4, 0.5) is 0 Å². The Morgan fingerprint density at radius 3 is 2.73 bits per heavy atom. The lowest BCUT2D eigenvalue weighted by Gasteiger charge is -2.40. The number of likely N-dealkylation sites (tertiary alicyclic amines) is 1. The number of hydrogen-bond acceptors (Lipinski definition) is 4. The van der Waals surface area contributed by atoms with Crippen LogP contribution in [-0.4, -0.2) is 65.0 Å². The van der Waals surface area contributed by atoms with Crippen molar-refractivity contribution < 1.29 is 5.11 Å². The quantitative estimate of drug-likeness (QED) is 0.766. The molecule has 0 saturated carbocycles. The molecule has 0 radical (unpaired) electrons. The van der Waals surface area contributed by atoms with Crippen LogP contribution < -0.4 is 5.32 Å². The van der Waals surface area contributed by atoms with E-state index >= 15 is 0 Å². The van der Waals surface area contributed by atoms with Crippen molar-refractivity contribution in [2.75, 3.05) is 39.4 Å². The van der Waals surface area contributed by atoms with Gasteiger partial charge in [0.15, 0.2) is 0 Å². The first-order chi connectivity index (χ1) is 14.7. The SMILES string of the molecule is Cc1ccc2c(c1)c1c3n2CCN(C[C@@H](O)CNCN2CCCCCC2)[C@@H]3CCC1. The maximum Gasteiger partial charge on any atom is 0.0791 e. The third-order valence-electron chi connectivity index (χ3n) is 7.50. The Labute approximate surface area is 181 Å². The monoisotopic (exact) mass is 410 g/mol. The molecule has 5 nitrogen and oxygen atoms in total. The van der Waals surface area contributed by atoms with Gasteiger partial charge >= 0.3 is 0 Å². The Balaban J connectivity index is 1.23. The summed E-state index contributed by atoms with van der Waals surface area (Å²) in [6.45, 7) is 9.06. The van der Waals surface area contributed by atoms with Crippen molar-refractivity contribution in [1.82, 2.24) is 19.7 Å². The van der Waals surface area contributed by atoms with Crippen LogP contribution in [0.3, 0.4) is 0 Å². The van der Waals surface area contributed by atoms with E-state index in [9.17, 15) is 5.11 Å². The van der Waals surface area contributed by atoms with Crippen molar-refractivity contribution in [3.63, 3.8) is 0 Å². The van der Waals surface area contributed by atoms with Crippen LogP contribution in [0, 0.1) is 6.92 Å². The third kappa shape index (κ3) is 4.05. The largest absolute Gasteiger partial charge is 0.390 e.